The van der Waals surface area contributed by atoms with E-state index in [4.69, 9.17) is 0 Å². The second-order valence-corrected chi connectivity index (χ2v) is 9.14. The summed E-state index contributed by atoms with van der Waals surface area (Å²) in [5.74, 6) is 0. The number of hydrogen-bond donors (Lipinski definition) is 0. The van der Waals surface area contributed by atoms with E-state index in [0.717, 1.165) is 0 Å². The van der Waals surface area contributed by atoms with Gasteiger partial charge in [-0.25, -0.2) is 0 Å². The maximum absolute atomic E-state index is 2.43. The lowest BCUT2D eigenvalue weighted by molar-refractivity contribution is 0.402. The molecule has 0 radical (unpaired) electrons. The van der Waals surface area contributed by atoms with Gasteiger partial charge in [0, 0.05) is 17.1 Å². The molecule has 1 aliphatic rings. The van der Waals surface area contributed by atoms with Crippen molar-refractivity contribution < 1.29 is 0 Å². The predicted molar refractivity (Wildman–Crippen MR) is 117 cm³/mol. The van der Waals surface area contributed by atoms with Crippen molar-refractivity contribution in [3.05, 3.63) is 89.5 Å². The molecule has 0 spiro atoms. The highest BCUT2D eigenvalue weighted by Crippen LogP contribution is 2.52. The molecule has 0 atom stereocenters. The highest BCUT2D eigenvalue weighted by atomic mass is 15.1. The fourth-order valence-electron chi connectivity index (χ4n) is 5.22. The second kappa shape index (κ2) is 6.27. The van der Waals surface area contributed by atoms with Crippen LogP contribution in [0.4, 0.5) is 17.1 Å². The first-order chi connectivity index (χ1) is 12.8. The van der Waals surface area contributed by atoms with Gasteiger partial charge < -0.3 is 4.90 Å². The Hall–Kier alpha value is -2.54. The Morgan fingerprint density at radius 3 is 1.70 bits per heavy atom. The van der Waals surface area contributed by atoms with Gasteiger partial charge in [0.1, 0.15) is 0 Å². The lowest BCUT2D eigenvalue weighted by Crippen LogP contribution is -2.18. The van der Waals surface area contributed by atoms with Crippen LogP contribution in [0.25, 0.3) is 0 Å². The third-order valence-corrected chi connectivity index (χ3v) is 5.90. The van der Waals surface area contributed by atoms with Crippen LogP contribution in [0.1, 0.15) is 50.8 Å². The van der Waals surface area contributed by atoms with Crippen LogP contribution in [0.3, 0.4) is 0 Å². The fraction of sp³-hybridized carbons (Fsp3) is 0.308. The molecule has 1 heteroatoms. The minimum Gasteiger partial charge on any atom is -0.310 e. The van der Waals surface area contributed by atoms with Crippen LogP contribution in [-0.2, 0) is 10.8 Å². The molecular formula is C26H29N. The van der Waals surface area contributed by atoms with Gasteiger partial charge in [0.05, 0.1) is 0 Å². The first kappa shape index (κ1) is 17.9. The van der Waals surface area contributed by atoms with Crippen LogP contribution in [-0.4, -0.2) is 0 Å². The number of para-hydroxylation sites is 2. The number of hydrogen-bond acceptors (Lipinski definition) is 1. The van der Waals surface area contributed by atoms with Gasteiger partial charge in [-0.1, -0.05) is 64.1 Å². The van der Waals surface area contributed by atoms with Crippen molar-refractivity contribution >= 4 is 17.1 Å². The van der Waals surface area contributed by atoms with Gasteiger partial charge in [-0.3, -0.25) is 0 Å². The van der Waals surface area contributed by atoms with Crippen molar-refractivity contribution in [2.45, 2.75) is 51.9 Å². The number of rotatable bonds is 3. The summed E-state index contributed by atoms with van der Waals surface area (Å²) in [6, 6.07) is 26.1. The largest absolute Gasteiger partial charge is 0.310 e. The highest BCUT2D eigenvalue weighted by Gasteiger charge is 2.43. The molecule has 0 amide bonds. The van der Waals surface area contributed by atoms with Gasteiger partial charge in [-0.05, 0) is 77.3 Å². The molecule has 0 unspecified atom stereocenters. The van der Waals surface area contributed by atoms with Gasteiger partial charge in [0.2, 0.25) is 0 Å². The molecule has 0 aliphatic heterocycles. The van der Waals surface area contributed by atoms with Gasteiger partial charge >= 0.3 is 0 Å². The number of anilines is 3. The van der Waals surface area contributed by atoms with E-state index in [2.05, 4.69) is 112 Å². The quantitative estimate of drug-likeness (QED) is 0.472. The molecule has 138 valence electrons. The molecule has 27 heavy (non-hydrogen) atoms. The van der Waals surface area contributed by atoms with E-state index in [0.29, 0.717) is 0 Å². The molecule has 4 rings (SSSR count). The van der Waals surface area contributed by atoms with E-state index in [-0.39, 0.29) is 10.8 Å². The maximum atomic E-state index is 2.43. The summed E-state index contributed by atoms with van der Waals surface area (Å²) in [6.07, 6.45) is 1.19. The van der Waals surface area contributed by atoms with Crippen LogP contribution in [0.2, 0.25) is 0 Å². The summed E-state index contributed by atoms with van der Waals surface area (Å²) in [6.45, 7) is 11.8. The molecule has 0 bridgehead atoms. The van der Waals surface area contributed by atoms with E-state index in [1.54, 1.807) is 0 Å². The van der Waals surface area contributed by atoms with Gasteiger partial charge in [0.15, 0.2) is 0 Å². The molecule has 0 saturated carbocycles. The fourth-order valence-corrected chi connectivity index (χ4v) is 5.22. The van der Waals surface area contributed by atoms with E-state index in [1.165, 1.54) is 40.2 Å². The summed E-state index contributed by atoms with van der Waals surface area (Å²) in [5.41, 5.74) is 8.49. The monoisotopic (exact) mass is 355 g/mol. The summed E-state index contributed by atoms with van der Waals surface area (Å²) in [4.78, 5) is 2.37. The normalized spacial score (nSPS) is 16.8. The van der Waals surface area contributed by atoms with Crippen LogP contribution in [0.15, 0.2) is 72.8 Å². The standard InChI is InChI=1S/C26H29N/c1-19-16-22(17-23-24(19)26(4,5)18-25(23,2)3)27(20-12-8-6-9-13-20)21-14-10-7-11-15-21/h6-17H,18H2,1-5H3. The van der Waals surface area contributed by atoms with E-state index < -0.39 is 0 Å². The summed E-state index contributed by atoms with van der Waals surface area (Å²) in [7, 11) is 0. The summed E-state index contributed by atoms with van der Waals surface area (Å²) in [5, 5.41) is 0. The molecule has 0 aromatic heterocycles. The van der Waals surface area contributed by atoms with Gasteiger partial charge in [-0.2, -0.15) is 0 Å². The van der Waals surface area contributed by atoms with E-state index in [9.17, 15) is 0 Å². The Balaban J connectivity index is 1.94. The van der Waals surface area contributed by atoms with Gasteiger partial charge in [0.25, 0.3) is 0 Å². The average molecular weight is 356 g/mol. The molecule has 1 nitrogen and oxygen atoms in total. The molecule has 3 aromatic carbocycles. The summed E-state index contributed by atoms with van der Waals surface area (Å²) < 4.78 is 0. The Morgan fingerprint density at radius 2 is 1.19 bits per heavy atom. The molecule has 1 aliphatic carbocycles. The number of benzene rings is 3. The smallest absolute Gasteiger partial charge is 0.0467 e. The van der Waals surface area contributed by atoms with Crippen LogP contribution in [0, 0.1) is 6.92 Å². The molecule has 0 heterocycles. The van der Waals surface area contributed by atoms with E-state index >= 15 is 0 Å². The highest BCUT2D eigenvalue weighted by molar-refractivity contribution is 5.78. The van der Waals surface area contributed by atoms with Crippen molar-refractivity contribution in [1.29, 1.82) is 0 Å². The van der Waals surface area contributed by atoms with Crippen LogP contribution >= 0.6 is 0 Å². The van der Waals surface area contributed by atoms with E-state index in [1.807, 2.05) is 0 Å². The van der Waals surface area contributed by atoms with Crippen molar-refractivity contribution in [3.63, 3.8) is 0 Å². The second-order valence-electron chi connectivity index (χ2n) is 9.14. The van der Waals surface area contributed by atoms with Crippen LogP contribution in [0.5, 0.6) is 0 Å². The number of aryl methyl sites for hydroxylation is 1. The zero-order valence-corrected chi connectivity index (χ0v) is 17.1. The first-order valence-electron chi connectivity index (χ1n) is 9.85. The molecular weight excluding hydrogens is 326 g/mol. The van der Waals surface area contributed by atoms with Gasteiger partial charge in [-0.15, -0.1) is 0 Å². The topological polar surface area (TPSA) is 3.24 Å². The summed E-state index contributed by atoms with van der Waals surface area (Å²) >= 11 is 0. The minimum absolute atomic E-state index is 0.193. The Morgan fingerprint density at radius 1 is 0.667 bits per heavy atom. The van der Waals surface area contributed by atoms with Crippen molar-refractivity contribution in [2.75, 3.05) is 4.90 Å². The minimum atomic E-state index is 0.193. The third-order valence-electron chi connectivity index (χ3n) is 5.90. The number of nitrogens with zero attached hydrogens (tertiary/aromatic N) is 1. The van der Waals surface area contributed by atoms with Crippen molar-refractivity contribution in [3.8, 4) is 0 Å². The third kappa shape index (κ3) is 3.06. The predicted octanol–water partition coefficient (Wildman–Crippen LogP) is 7.42. The first-order valence-corrected chi connectivity index (χ1v) is 9.85. The van der Waals surface area contributed by atoms with Crippen molar-refractivity contribution in [2.24, 2.45) is 0 Å². The Labute approximate surface area is 163 Å². The molecule has 0 N–H and O–H groups in total. The molecule has 3 aromatic rings. The lowest BCUT2D eigenvalue weighted by atomic mass is 9.81. The Bertz CT molecular complexity index is 913. The zero-order valence-electron chi connectivity index (χ0n) is 17.1. The lowest BCUT2D eigenvalue weighted by Gasteiger charge is -2.28. The number of fused-ring (bicyclic) bond motifs is 1. The maximum Gasteiger partial charge on any atom is 0.0467 e. The Kier molecular flexibility index (Phi) is 4.14. The molecule has 0 saturated heterocycles. The zero-order chi connectivity index (χ0) is 19.2. The SMILES string of the molecule is Cc1cc(N(c2ccccc2)c2ccccc2)cc2c1C(C)(C)CC2(C)C. The average Bonchev–Trinajstić information content (AvgIpc) is 2.81. The van der Waals surface area contributed by atoms with Crippen LogP contribution < -0.4 is 4.90 Å². The van der Waals surface area contributed by atoms with Crippen molar-refractivity contribution in [1.82, 2.24) is 0 Å². The molecule has 0 fully saturated rings.